The fourth-order valence-corrected chi connectivity index (χ4v) is 5.40. The molecule has 0 radical (unpaired) electrons. The number of rotatable bonds is 5. The van der Waals surface area contributed by atoms with Crippen molar-refractivity contribution in [1.82, 2.24) is 15.2 Å². The van der Waals surface area contributed by atoms with Crippen LogP contribution in [0.25, 0.3) is 0 Å². The lowest BCUT2D eigenvalue weighted by molar-refractivity contribution is -0.149. The molecular formula is C22H29N5O2. The fraction of sp³-hybridized carbons (Fsp3) is 0.636. The smallest absolute Gasteiger partial charge is 0.223 e. The third-order valence-electron chi connectivity index (χ3n) is 6.68. The standard InChI is InChI=1S/C22H29N5O2/c1-2-4-21(28)25-12-19-17-9-16(18-5-3-6-22(29)27(18)19)13-26(14-17)20-8-7-15(10-23)11-24-20/h7-8,11,16-19H,2-6,9,12-14H2,1H3,(H,25,28)/t16-,17+,18+,19+/m1/s1. The molecule has 3 saturated heterocycles. The van der Waals surface area contributed by atoms with Crippen LogP contribution in [-0.4, -0.2) is 53.4 Å². The number of nitriles is 1. The summed E-state index contributed by atoms with van der Waals surface area (Å²) in [5.41, 5.74) is 0.562. The Bertz CT molecular complexity index is 802. The number of pyridine rings is 1. The van der Waals surface area contributed by atoms with E-state index >= 15 is 0 Å². The topological polar surface area (TPSA) is 89.3 Å². The van der Waals surface area contributed by atoms with Crippen molar-refractivity contribution in [2.75, 3.05) is 24.5 Å². The zero-order valence-electron chi connectivity index (χ0n) is 17.0. The van der Waals surface area contributed by atoms with Crippen LogP contribution in [0.3, 0.4) is 0 Å². The normalized spacial score (nSPS) is 28.5. The highest BCUT2D eigenvalue weighted by molar-refractivity contribution is 5.79. The van der Waals surface area contributed by atoms with Crippen LogP contribution in [0.1, 0.15) is 51.0 Å². The minimum atomic E-state index is 0.0473. The Morgan fingerprint density at radius 1 is 1.34 bits per heavy atom. The number of nitrogens with one attached hydrogen (secondary N) is 1. The van der Waals surface area contributed by atoms with Gasteiger partial charge in [0, 0.05) is 44.7 Å². The quantitative estimate of drug-likeness (QED) is 0.824. The minimum Gasteiger partial charge on any atom is -0.356 e. The van der Waals surface area contributed by atoms with Crippen LogP contribution < -0.4 is 10.2 Å². The summed E-state index contributed by atoms with van der Waals surface area (Å²) in [5, 5.41) is 12.1. The molecule has 0 aliphatic carbocycles. The molecule has 7 heteroatoms. The first-order chi connectivity index (χ1) is 14.1. The molecule has 3 fully saturated rings. The van der Waals surface area contributed by atoms with Crippen LogP contribution in [0, 0.1) is 23.2 Å². The van der Waals surface area contributed by atoms with Gasteiger partial charge in [0.05, 0.1) is 11.6 Å². The largest absolute Gasteiger partial charge is 0.356 e. The first kappa shape index (κ1) is 19.7. The van der Waals surface area contributed by atoms with Gasteiger partial charge in [0.1, 0.15) is 11.9 Å². The second kappa shape index (κ2) is 8.40. The molecule has 0 spiro atoms. The molecule has 0 saturated carbocycles. The highest BCUT2D eigenvalue weighted by Crippen LogP contribution is 2.42. The molecule has 4 heterocycles. The number of nitrogens with zero attached hydrogens (tertiary/aromatic N) is 4. The zero-order chi connectivity index (χ0) is 20.4. The van der Waals surface area contributed by atoms with E-state index in [1.807, 2.05) is 19.1 Å². The lowest BCUT2D eigenvalue weighted by Gasteiger charge is -2.56. The number of anilines is 1. The average molecular weight is 396 g/mol. The predicted molar refractivity (Wildman–Crippen MR) is 109 cm³/mol. The van der Waals surface area contributed by atoms with Crippen LogP contribution in [0.15, 0.2) is 18.3 Å². The number of amides is 2. The van der Waals surface area contributed by atoms with Gasteiger partial charge in [-0.2, -0.15) is 5.26 Å². The Hall–Kier alpha value is -2.62. The van der Waals surface area contributed by atoms with E-state index in [0.29, 0.717) is 36.8 Å². The maximum absolute atomic E-state index is 12.8. The molecule has 4 rings (SSSR count). The van der Waals surface area contributed by atoms with Gasteiger partial charge in [0.25, 0.3) is 0 Å². The molecule has 3 aliphatic rings. The summed E-state index contributed by atoms with van der Waals surface area (Å²) in [6.07, 6.45) is 6.68. The van der Waals surface area contributed by atoms with E-state index in [2.05, 4.69) is 26.2 Å². The highest BCUT2D eigenvalue weighted by atomic mass is 16.2. The zero-order valence-corrected chi connectivity index (χ0v) is 17.0. The number of carbonyl (C=O) groups is 2. The summed E-state index contributed by atoms with van der Waals surface area (Å²) in [4.78, 5) is 33.8. The lowest BCUT2D eigenvalue weighted by atomic mass is 9.72. The van der Waals surface area contributed by atoms with Gasteiger partial charge in [0.15, 0.2) is 0 Å². The molecule has 1 aromatic heterocycles. The predicted octanol–water partition coefficient (Wildman–Crippen LogP) is 2.08. The first-order valence-electron chi connectivity index (χ1n) is 10.8. The van der Waals surface area contributed by atoms with Gasteiger partial charge in [-0.25, -0.2) is 4.98 Å². The summed E-state index contributed by atoms with van der Waals surface area (Å²) < 4.78 is 0. The van der Waals surface area contributed by atoms with Crippen LogP contribution >= 0.6 is 0 Å². The van der Waals surface area contributed by atoms with Gasteiger partial charge >= 0.3 is 0 Å². The average Bonchev–Trinajstić information content (AvgIpc) is 2.74. The van der Waals surface area contributed by atoms with E-state index < -0.39 is 0 Å². The molecular weight excluding hydrogens is 366 g/mol. The summed E-state index contributed by atoms with van der Waals surface area (Å²) in [6.45, 7) is 4.24. The molecule has 1 N–H and O–H groups in total. The molecule has 4 atom stereocenters. The number of aromatic nitrogens is 1. The number of fused-ring (bicyclic) bond motifs is 4. The molecule has 3 aliphatic heterocycles. The van der Waals surface area contributed by atoms with Crippen LogP contribution in [0.5, 0.6) is 0 Å². The molecule has 1 aromatic rings. The van der Waals surface area contributed by atoms with E-state index in [1.54, 1.807) is 6.20 Å². The van der Waals surface area contributed by atoms with Crippen molar-refractivity contribution in [3.63, 3.8) is 0 Å². The molecule has 0 aromatic carbocycles. The third-order valence-corrected chi connectivity index (χ3v) is 6.68. The first-order valence-corrected chi connectivity index (χ1v) is 10.8. The van der Waals surface area contributed by atoms with E-state index in [1.165, 1.54) is 0 Å². The Balaban J connectivity index is 1.56. The van der Waals surface area contributed by atoms with Crippen LogP contribution in [0.4, 0.5) is 5.82 Å². The second-order valence-electron chi connectivity index (χ2n) is 8.56. The Morgan fingerprint density at radius 2 is 2.17 bits per heavy atom. The van der Waals surface area contributed by atoms with Crippen LogP contribution in [-0.2, 0) is 9.59 Å². The Labute approximate surface area is 172 Å². The molecule has 29 heavy (non-hydrogen) atoms. The van der Waals surface area contributed by atoms with Crippen molar-refractivity contribution in [2.24, 2.45) is 11.8 Å². The summed E-state index contributed by atoms with van der Waals surface area (Å²) >= 11 is 0. The van der Waals surface area contributed by atoms with Crippen molar-refractivity contribution >= 4 is 17.6 Å². The van der Waals surface area contributed by atoms with Crippen molar-refractivity contribution in [1.29, 1.82) is 5.26 Å². The van der Waals surface area contributed by atoms with E-state index in [0.717, 1.165) is 44.6 Å². The maximum atomic E-state index is 12.8. The van der Waals surface area contributed by atoms with E-state index in [9.17, 15) is 9.59 Å². The molecule has 2 bridgehead atoms. The number of piperidine rings is 3. The number of hydrogen-bond acceptors (Lipinski definition) is 5. The number of hydrogen-bond donors (Lipinski definition) is 1. The molecule has 2 amide bonds. The number of carbonyl (C=O) groups excluding carboxylic acids is 2. The molecule has 0 unspecified atom stereocenters. The van der Waals surface area contributed by atoms with Crippen LogP contribution in [0.2, 0.25) is 0 Å². The van der Waals surface area contributed by atoms with Crippen molar-refractivity contribution in [2.45, 2.75) is 57.5 Å². The second-order valence-corrected chi connectivity index (χ2v) is 8.56. The van der Waals surface area contributed by atoms with E-state index in [-0.39, 0.29) is 23.9 Å². The van der Waals surface area contributed by atoms with Gasteiger partial charge in [-0.3, -0.25) is 9.59 Å². The molecule has 7 nitrogen and oxygen atoms in total. The third kappa shape index (κ3) is 3.93. The maximum Gasteiger partial charge on any atom is 0.223 e. The van der Waals surface area contributed by atoms with Gasteiger partial charge < -0.3 is 15.1 Å². The Morgan fingerprint density at radius 3 is 2.90 bits per heavy atom. The SMILES string of the molecule is CCCC(=O)NC[C@H]1[C@H]2C[C@H](CN(c3ccc(C#N)cn3)C2)[C@@H]2CCCC(=O)N21. The summed E-state index contributed by atoms with van der Waals surface area (Å²) in [5.74, 6) is 1.94. The summed E-state index contributed by atoms with van der Waals surface area (Å²) in [6, 6.07) is 6.15. The summed E-state index contributed by atoms with van der Waals surface area (Å²) in [7, 11) is 0. The lowest BCUT2D eigenvalue weighted by Crippen LogP contribution is -2.67. The van der Waals surface area contributed by atoms with Crippen molar-refractivity contribution in [3.8, 4) is 6.07 Å². The minimum absolute atomic E-state index is 0.0473. The van der Waals surface area contributed by atoms with E-state index in [4.69, 9.17) is 5.26 Å². The molecule has 154 valence electrons. The van der Waals surface area contributed by atoms with Gasteiger partial charge in [-0.15, -0.1) is 0 Å². The van der Waals surface area contributed by atoms with Gasteiger partial charge in [-0.05, 0) is 49.7 Å². The van der Waals surface area contributed by atoms with Crippen molar-refractivity contribution < 1.29 is 9.59 Å². The Kier molecular flexibility index (Phi) is 5.70. The highest BCUT2D eigenvalue weighted by Gasteiger charge is 2.49. The van der Waals surface area contributed by atoms with Gasteiger partial charge in [-0.1, -0.05) is 6.92 Å². The van der Waals surface area contributed by atoms with Gasteiger partial charge in [0.2, 0.25) is 11.8 Å². The fourth-order valence-electron chi connectivity index (χ4n) is 5.40. The monoisotopic (exact) mass is 395 g/mol. The van der Waals surface area contributed by atoms with Crippen molar-refractivity contribution in [3.05, 3.63) is 23.9 Å².